The van der Waals surface area contributed by atoms with E-state index >= 15 is 9.59 Å². The van der Waals surface area contributed by atoms with Gasteiger partial charge in [-0.25, -0.2) is 4.79 Å². The molecule has 0 saturated carbocycles. The number of hydrogen-bond acceptors (Lipinski definition) is 22. The second-order valence-electron chi connectivity index (χ2n) is 25.6. The van der Waals surface area contributed by atoms with E-state index in [-0.39, 0.29) is 43.9 Å². The van der Waals surface area contributed by atoms with E-state index in [2.05, 4.69) is 27.2 Å². The number of aliphatic hydroxyl groups is 2. The van der Waals surface area contributed by atoms with Gasteiger partial charge in [0.2, 0.25) is 0 Å². The van der Waals surface area contributed by atoms with Crippen molar-refractivity contribution in [2.45, 2.75) is 233 Å². The molecule has 0 bridgehead atoms. The van der Waals surface area contributed by atoms with E-state index in [4.69, 9.17) is 61.7 Å². The van der Waals surface area contributed by atoms with Crippen molar-refractivity contribution in [2.75, 3.05) is 74.4 Å². The zero-order chi connectivity index (χ0) is 61.1. The van der Waals surface area contributed by atoms with Crippen molar-refractivity contribution in [3.8, 4) is 0 Å². The van der Waals surface area contributed by atoms with Crippen LogP contribution in [0.5, 0.6) is 0 Å². The second-order valence-corrected chi connectivity index (χ2v) is 25.6. The van der Waals surface area contributed by atoms with E-state index in [0.29, 0.717) is 51.5 Å². The fourth-order valence-electron chi connectivity index (χ4n) is 12.6. The number of cyclic esters (lactones) is 1. The molecule has 23 nitrogen and oxygen atoms in total. The van der Waals surface area contributed by atoms with Crippen LogP contribution in [0.3, 0.4) is 0 Å². The molecule has 5 heterocycles. The monoisotopic (exact) mass is 1170 g/mol. The second kappa shape index (κ2) is 31.0. The number of hydrogen-bond donors (Lipinski definition) is 3. The summed E-state index contributed by atoms with van der Waals surface area (Å²) >= 11 is 0. The zero-order valence-electron chi connectivity index (χ0n) is 52.7. The molecule has 474 valence electrons. The van der Waals surface area contributed by atoms with Crippen LogP contribution in [0.15, 0.2) is 5.16 Å². The minimum Gasteiger partial charge on any atom is -0.461 e. The molecule has 22 atom stereocenters. The molecule has 1 amide bonds. The van der Waals surface area contributed by atoms with Crippen LogP contribution >= 0.6 is 0 Å². The Morgan fingerprint density at radius 1 is 0.829 bits per heavy atom. The summed E-state index contributed by atoms with van der Waals surface area (Å²) in [6.07, 6.45) is -13.5. The summed E-state index contributed by atoms with van der Waals surface area (Å²) in [5.74, 6) is -7.39. The molecule has 23 heteroatoms. The lowest BCUT2D eigenvalue weighted by Gasteiger charge is -2.45. The number of carbonyl (C=O) groups is 4. The lowest BCUT2D eigenvalue weighted by atomic mass is 9.74. The Morgan fingerprint density at radius 2 is 1.49 bits per heavy atom. The molecule has 3 N–H and O–H groups in total. The number of nitrogens with zero attached hydrogens (tertiary/aromatic N) is 3. The highest BCUT2D eigenvalue weighted by molar-refractivity contribution is 5.92. The van der Waals surface area contributed by atoms with Crippen molar-refractivity contribution in [3.05, 3.63) is 0 Å². The average molecular weight is 1170 g/mol. The highest BCUT2D eigenvalue weighted by Crippen LogP contribution is 2.41. The number of esters is 2. The van der Waals surface area contributed by atoms with Crippen molar-refractivity contribution >= 4 is 29.5 Å². The first-order valence-electron chi connectivity index (χ1n) is 29.8. The first-order chi connectivity index (χ1) is 38.4. The van der Waals surface area contributed by atoms with Gasteiger partial charge in [0, 0.05) is 83.5 Å². The van der Waals surface area contributed by atoms with Gasteiger partial charge in [0.25, 0.3) is 0 Å². The summed E-state index contributed by atoms with van der Waals surface area (Å²) in [6, 6.07) is 0.0105. The summed E-state index contributed by atoms with van der Waals surface area (Å²) in [5.41, 5.74) is -2.51. The Bertz CT molecular complexity index is 2060. The summed E-state index contributed by atoms with van der Waals surface area (Å²) < 4.78 is 76.4. The maximum atomic E-state index is 16.0. The largest absolute Gasteiger partial charge is 0.461 e. The fraction of sp³-hybridized carbons (Fsp3) is 0.915. The minimum atomic E-state index is -1.97. The Hall–Kier alpha value is -3.17. The van der Waals surface area contributed by atoms with Gasteiger partial charge in [0.15, 0.2) is 30.3 Å². The molecule has 12 unspecified atom stereocenters. The quantitative estimate of drug-likeness (QED) is 0.0914. The third-order valence-electron chi connectivity index (χ3n) is 17.1. The van der Waals surface area contributed by atoms with Crippen molar-refractivity contribution in [2.24, 2.45) is 46.6 Å². The van der Waals surface area contributed by atoms with E-state index in [1.165, 1.54) is 21.3 Å². The molecule has 0 spiro atoms. The standard InChI is InChI=1S/C59H104N4O19/c1-31(2)24-43(64)78-49-38(9)48(33(4)29-74-56-52(71-18)51(70-17)45(65)41(12)77-56)80-54(68)40(11)50(79-44-25-34(5)62(16)28-36(7)75-44)37(8)47(81-55-46(66)42(61-72-19)26-35(6)76-55)32(3)27-59(15,53(67)39(49)10)82-57(69)60-58(13,14)30-63-20-22-73-23-21-63/h31-41,44-52,55-56,65-66H,20-30H2,1-19H3,(H,60,69)/t32?,33?,34?,35-,36+,37?,38?,39?,40?,41-,44+,45-,46-,47?,48?,49?,50?,51-,52-,55+,56-,59?/m1/s1. The van der Waals surface area contributed by atoms with Crippen molar-refractivity contribution in [1.29, 1.82) is 0 Å². The van der Waals surface area contributed by atoms with Crippen LogP contribution in [0.1, 0.15) is 130 Å². The van der Waals surface area contributed by atoms with Crippen LogP contribution in [0.25, 0.3) is 0 Å². The molecular weight excluding hydrogens is 1070 g/mol. The molecule has 0 aromatic rings. The maximum absolute atomic E-state index is 16.0. The predicted molar refractivity (Wildman–Crippen MR) is 301 cm³/mol. The number of methoxy groups -OCH3 is 2. The maximum Gasteiger partial charge on any atom is 0.408 e. The summed E-state index contributed by atoms with van der Waals surface area (Å²) in [7, 11) is 6.32. The molecule has 5 rings (SSSR count). The number of ether oxygens (including phenoxy) is 12. The number of aliphatic hydroxyl groups excluding tert-OH is 2. The lowest BCUT2D eigenvalue weighted by molar-refractivity contribution is -0.305. The smallest absolute Gasteiger partial charge is 0.408 e. The summed E-state index contributed by atoms with van der Waals surface area (Å²) in [5, 5.41) is 30.0. The summed E-state index contributed by atoms with van der Waals surface area (Å²) in [6.45, 7) is 30.6. The minimum absolute atomic E-state index is 0.00848. The molecule has 5 aliphatic rings. The SMILES string of the molecule is CON=C1C[C@@H](C)O[C@@H](OC2C(C)CC(C)(OC(=O)NC(C)(C)CN3CCOCC3)C(=O)C(C)C(OC(=O)CC(C)C)C(C)C(C(C)CO[C@@H]3O[C@H](C)[C@@H](O)[C@@H](OC)[C@H]3OC)OC(=O)C(C)C(O[C@H]3CC(C)N(C)C[C@H](C)O3)C2C)[C@@H]1O. The number of oxime groups is 1. The Morgan fingerprint density at radius 3 is 2.11 bits per heavy atom. The molecule has 5 fully saturated rings. The number of amides is 1. The molecule has 5 saturated heterocycles. The third kappa shape index (κ3) is 18.4. The molecule has 82 heavy (non-hydrogen) atoms. The highest BCUT2D eigenvalue weighted by Gasteiger charge is 2.53. The number of nitrogens with one attached hydrogen (secondary N) is 1. The number of morpholine rings is 1. The number of rotatable bonds is 18. The summed E-state index contributed by atoms with van der Waals surface area (Å²) in [4.78, 5) is 69.7. The molecular formula is C59H104N4O19. The number of carbonyl (C=O) groups excluding carboxylic acids is 4. The van der Waals surface area contributed by atoms with Crippen molar-refractivity contribution in [1.82, 2.24) is 15.1 Å². The normalized spacial score (nSPS) is 40.1. The highest BCUT2D eigenvalue weighted by atomic mass is 16.7. The first-order valence-corrected chi connectivity index (χ1v) is 29.8. The van der Waals surface area contributed by atoms with Gasteiger partial charge in [-0.05, 0) is 80.7 Å². The van der Waals surface area contributed by atoms with Crippen molar-refractivity contribution in [3.63, 3.8) is 0 Å². The van der Waals surface area contributed by atoms with Gasteiger partial charge in [-0.2, -0.15) is 0 Å². The average Bonchev–Trinajstić information content (AvgIpc) is 3.58. The van der Waals surface area contributed by atoms with E-state index in [9.17, 15) is 19.8 Å². The lowest BCUT2D eigenvalue weighted by Crippen LogP contribution is -2.59. The van der Waals surface area contributed by atoms with E-state index in [1.54, 1.807) is 34.6 Å². The van der Waals surface area contributed by atoms with Crippen molar-refractivity contribution < 1.29 is 91.1 Å². The van der Waals surface area contributed by atoms with Crippen LogP contribution in [0.2, 0.25) is 0 Å². The van der Waals surface area contributed by atoms with E-state index < -0.39 is 150 Å². The van der Waals surface area contributed by atoms with Gasteiger partial charge < -0.3 is 82.1 Å². The Labute approximate surface area is 488 Å². The topological polar surface area (TPSA) is 260 Å². The van der Waals surface area contributed by atoms with Gasteiger partial charge in [-0.1, -0.05) is 53.6 Å². The molecule has 0 aliphatic carbocycles. The number of Topliss-reactive ketones (excluding diaryl/α,β-unsaturated/α-hetero) is 1. The molecule has 5 aliphatic heterocycles. The number of ketones is 1. The van der Waals surface area contributed by atoms with Gasteiger partial charge in [-0.3, -0.25) is 19.3 Å². The number of likely N-dealkylation sites (N-methyl/N-ethyl adjacent to an activating group) is 1. The van der Waals surface area contributed by atoms with Crippen LogP contribution < -0.4 is 5.32 Å². The van der Waals surface area contributed by atoms with E-state index in [0.717, 1.165) is 0 Å². The van der Waals surface area contributed by atoms with Crippen LogP contribution in [0, 0.1) is 41.4 Å². The first kappa shape index (κ1) is 69.6. The molecule has 0 aromatic heterocycles. The Balaban J connectivity index is 1.71. The fourth-order valence-corrected chi connectivity index (χ4v) is 12.6. The van der Waals surface area contributed by atoms with Crippen LogP contribution in [0.4, 0.5) is 4.79 Å². The third-order valence-corrected chi connectivity index (χ3v) is 17.1. The zero-order valence-corrected chi connectivity index (χ0v) is 52.7. The van der Waals surface area contributed by atoms with Crippen LogP contribution in [-0.4, -0.2) is 227 Å². The van der Waals surface area contributed by atoms with E-state index in [1.807, 2.05) is 69.4 Å². The van der Waals surface area contributed by atoms with Gasteiger partial charge in [-0.15, -0.1) is 0 Å². The van der Waals surface area contributed by atoms with Crippen LogP contribution in [-0.2, 0) is 76.1 Å². The van der Waals surface area contributed by atoms with Gasteiger partial charge in [0.05, 0.1) is 73.4 Å². The van der Waals surface area contributed by atoms with Gasteiger partial charge in [0.1, 0.15) is 43.7 Å². The Kier molecular flexibility index (Phi) is 26.3. The predicted octanol–water partition coefficient (Wildman–Crippen LogP) is 5.12. The number of alkyl carbamates (subject to hydrolysis) is 1. The molecule has 0 radical (unpaired) electrons. The van der Waals surface area contributed by atoms with Gasteiger partial charge >= 0.3 is 18.0 Å². The molecule has 0 aromatic carbocycles.